The number of Topliss-reactive ketones (excluding diaryl/α,β-unsaturated/α-hetero) is 1. The summed E-state index contributed by atoms with van der Waals surface area (Å²) in [5.74, 6) is 0.239. The Balaban J connectivity index is 2.54. The lowest BCUT2D eigenvalue weighted by Crippen LogP contribution is -2.18. The molecule has 0 atom stereocenters. The summed E-state index contributed by atoms with van der Waals surface area (Å²) in [6, 6.07) is 7.96. The van der Waals surface area contributed by atoms with Crippen molar-refractivity contribution < 1.29 is 4.79 Å². The Bertz CT molecular complexity index is 379. The Kier molecular flexibility index (Phi) is 5.54. The van der Waals surface area contributed by atoms with Crippen LogP contribution in [-0.2, 0) is 6.42 Å². The van der Waals surface area contributed by atoms with E-state index in [1.807, 2.05) is 24.3 Å². The van der Waals surface area contributed by atoms with Gasteiger partial charge in [-0.1, -0.05) is 45.0 Å². The van der Waals surface area contributed by atoms with E-state index in [4.69, 9.17) is 5.73 Å². The highest BCUT2D eigenvalue weighted by molar-refractivity contribution is 5.96. The van der Waals surface area contributed by atoms with Crippen LogP contribution in [0.1, 0.15) is 56.0 Å². The molecule has 0 aromatic heterocycles. The molecule has 0 fully saturated rings. The van der Waals surface area contributed by atoms with E-state index in [-0.39, 0.29) is 11.2 Å². The second-order valence-corrected chi connectivity index (χ2v) is 5.68. The second kappa shape index (κ2) is 6.69. The number of rotatable bonds is 7. The van der Waals surface area contributed by atoms with Crippen molar-refractivity contribution in [2.75, 3.05) is 6.54 Å². The van der Waals surface area contributed by atoms with Gasteiger partial charge >= 0.3 is 0 Å². The molecule has 0 saturated carbocycles. The van der Waals surface area contributed by atoms with E-state index in [0.29, 0.717) is 13.0 Å². The number of hydrogen-bond donors (Lipinski definition) is 1. The van der Waals surface area contributed by atoms with Crippen molar-refractivity contribution >= 4 is 5.78 Å². The van der Waals surface area contributed by atoms with Gasteiger partial charge in [-0.3, -0.25) is 4.79 Å². The first kappa shape index (κ1) is 14.9. The summed E-state index contributed by atoms with van der Waals surface area (Å²) >= 11 is 0. The molecule has 2 nitrogen and oxygen atoms in total. The maximum Gasteiger partial charge on any atom is 0.162 e. The van der Waals surface area contributed by atoms with Gasteiger partial charge in [-0.05, 0) is 36.8 Å². The Morgan fingerprint density at radius 1 is 1.17 bits per heavy atom. The van der Waals surface area contributed by atoms with E-state index in [1.165, 1.54) is 5.56 Å². The lowest BCUT2D eigenvalue weighted by atomic mass is 9.83. The van der Waals surface area contributed by atoms with Crippen LogP contribution in [0.5, 0.6) is 0 Å². The Labute approximate surface area is 111 Å². The van der Waals surface area contributed by atoms with Crippen LogP contribution >= 0.6 is 0 Å². The third-order valence-corrected chi connectivity index (χ3v) is 3.53. The van der Waals surface area contributed by atoms with Crippen molar-refractivity contribution in [3.8, 4) is 0 Å². The Hall–Kier alpha value is -1.15. The highest BCUT2D eigenvalue weighted by Crippen LogP contribution is 2.26. The monoisotopic (exact) mass is 247 g/mol. The molecule has 0 bridgehead atoms. The normalized spacial score (nSPS) is 11.6. The molecule has 1 aromatic carbocycles. The lowest BCUT2D eigenvalue weighted by molar-refractivity contribution is 0.0961. The van der Waals surface area contributed by atoms with E-state index < -0.39 is 0 Å². The Morgan fingerprint density at radius 3 is 2.28 bits per heavy atom. The molecule has 2 heteroatoms. The summed E-state index contributed by atoms with van der Waals surface area (Å²) in [6.45, 7) is 7.15. The molecular formula is C16H25NO. The first-order valence-electron chi connectivity index (χ1n) is 6.81. The van der Waals surface area contributed by atoms with Gasteiger partial charge in [0.2, 0.25) is 0 Å². The van der Waals surface area contributed by atoms with Gasteiger partial charge in [0, 0.05) is 12.0 Å². The van der Waals surface area contributed by atoms with E-state index in [0.717, 1.165) is 24.8 Å². The van der Waals surface area contributed by atoms with E-state index in [2.05, 4.69) is 20.8 Å². The smallest absolute Gasteiger partial charge is 0.162 e. The molecule has 2 N–H and O–H groups in total. The fraction of sp³-hybridized carbons (Fsp3) is 0.562. The zero-order chi connectivity index (χ0) is 13.6. The molecule has 1 rings (SSSR count). The average Bonchev–Trinajstić information content (AvgIpc) is 2.36. The topological polar surface area (TPSA) is 43.1 Å². The van der Waals surface area contributed by atoms with Crippen LogP contribution in [0.4, 0.5) is 0 Å². The molecule has 0 aliphatic rings. The molecule has 0 radical (unpaired) electrons. The van der Waals surface area contributed by atoms with E-state index in [9.17, 15) is 4.79 Å². The largest absolute Gasteiger partial charge is 0.330 e. The number of carbonyl (C=O) groups excluding carboxylic acids is 1. The predicted octanol–water partition coefficient (Wildman–Crippen LogP) is 3.59. The number of carbonyl (C=O) groups is 1. The van der Waals surface area contributed by atoms with Gasteiger partial charge in [-0.15, -0.1) is 0 Å². The van der Waals surface area contributed by atoms with Crippen molar-refractivity contribution in [3.05, 3.63) is 35.4 Å². The fourth-order valence-corrected chi connectivity index (χ4v) is 2.04. The zero-order valence-electron chi connectivity index (χ0n) is 11.8. The van der Waals surface area contributed by atoms with Crippen molar-refractivity contribution in [1.82, 2.24) is 0 Å². The van der Waals surface area contributed by atoms with Crippen molar-refractivity contribution in [3.63, 3.8) is 0 Å². The van der Waals surface area contributed by atoms with Gasteiger partial charge in [0.15, 0.2) is 5.78 Å². The van der Waals surface area contributed by atoms with Gasteiger partial charge in [0.05, 0.1) is 0 Å². The molecule has 100 valence electrons. The van der Waals surface area contributed by atoms with Crippen LogP contribution in [-0.4, -0.2) is 12.3 Å². The number of ketones is 1. The summed E-state index contributed by atoms with van der Waals surface area (Å²) in [5.41, 5.74) is 7.84. The molecule has 0 unspecified atom stereocenters. The predicted molar refractivity (Wildman–Crippen MR) is 76.8 cm³/mol. The first-order chi connectivity index (χ1) is 8.48. The molecule has 0 amide bonds. The summed E-state index contributed by atoms with van der Waals surface area (Å²) in [6.07, 6.45) is 3.49. The van der Waals surface area contributed by atoms with Gasteiger partial charge in [0.1, 0.15) is 0 Å². The maximum absolute atomic E-state index is 12.1. The molecule has 1 aromatic rings. The zero-order valence-corrected chi connectivity index (χ0v) is 11.8. The third-order valence-electron chi connectivity index (χ3n) is 3.53. The van der Waals surface area contributed by atoms with Crippen LogP contribution in [0.2, 0.25) is 0 Å². The fourth-order valence-electron chi connectivity index (χ4n) is 2.04. The van der Waals surface area contributed by atoms with Gasteiger partial charge in [0.25, 0.3) is 0 Å². The minimum absolute atomic E-state index is 0.160. The molecule has 0 aliphatic carbocycles. The number of nitrogens with two attached hydrogens (primary N) is 1. The maximum atomic E-state index is 12.1. The van der Waals surface area contributed by atoms with Crippen LogP contribution in [0.25, 0.3) is 0 Å². The third kappa shape index (κ3) is 4.61. The number of aryl methyl sites for hydroxylation is 1. The van der Waals surface area contributed by atoms with Crippen LogP contribution in [0.3, 0.4) is 0 Å². The highest BCUT2D eigenvalue weighted by Gasteiger charge is 2.18. The van der Waals surface area contributed by atoms with E-state index >= 15 is 0 Å². The summed E-state index contributed by atoms with van der Waals surface area (Å²) in [7, 11) is 0. The van der Waals surface area contributed by atoms with Gasteiger partial charge < -0.3 is 5.73 Å². The van der Waals surface area contributed by atoms with Gasteiger partial charge in [-0.25, -0.2) is 0 Å². The van der Waals surface area contributed by atoms with Crippen LogP contribution < -0.4 is 5.73 Å². The van der Waals surface area contributed by atoms with Crippen LogP contribution in [0.15, 0.2) is 24.3 Å². The lowest BCUT2D eigenvalue weighted by Gasteiger charge is -2.23. The second-order valence-electron chi connectivity index (χ2n) is 5.68. The van der Waals surface area contributed by atoms with Crippen molar-refractivity contribution in [2.24, 2.45) is 11.1 Å². The van der Waals surface area contributed by atoms with E-state index in [1.54, 1.807) is 0 Å². The molecule has 18 heavy (non-hydrogen) atoms. The Morgan fingerprint density at radius 2 is 1.78 bits per heavy atom. The molecule has 0 saturated heterocycles. The summed E-state index contributed by atoms with van der Waals surface area (Å²) in [5, 5.41) is 0. The summed E-state index contributed by atoms with van der Waals surface area (Å²) in [4.78, 5) is 12.1. The standard InChI is InChI=1S/C16H25NO/c1-4-13-5-7-14(8-6-13)15(18)9-10-16(2,3)11-12-17/h5-8H,4,9-12,17H2,1-3H3. The molecular weight excluding hydrogens is 222 g/mol. The van der Waals surface area contributed by atoms with Crippen molar-refractivity contribution in [1.29, 1.82) is 0 Å². The summed E-state index contributed by atoms with van der Waals surface area (Å²) < 4.78 is 0. The molecule has 0 heterocycles. The molecule has 0 aliphatic heterocycles. The number of hydrogen-bond acceptors (Lipinski definition) is 2. The first-order valence-corrected chi connectivity index (χ1v) is 6.81. The van der Waals surface area contributed by atoms with Crippen LogP contribution in [0, 0.1) is 5.41 Å². The van der Waals surface area contributed by atoms with Gasteiger partial charge in [-0.2, -0.15) is 0 Å². The minimum atomic E-state index is 0.160. The van der Waals surface area contributed by atoms with Crippen molar-refractivity contribution in [2.45, 2.75) is 46.5 Å². The minimum Gasteiger partial charge on any atom is -0.330 e. The quantitative estimate of drug-likeness (QED) is 0.748. The number of benzene rings is 1. The average molecular weight is 247 g/mol. The SMILES string of the molecule is CCc1ccc(C(=O)CCC(C)(C)CCN)cc1. The highest BCUT2D eigenvalue weighted by atomic mass is 16.1. The molecule has 0 spiro atoms.